The summed E-state index contributed by atoms with van der Waals surface area (Å²) in [4.78, 5) is 0. The number of nitrogens with zero attached hydrogens (tertiary/aromatic N) is 1. The normalized spacial score (nSPS) is 15.3. The minimum absolute atomic E-state index is 0.291. The molecule has 9 aromatic rings. The Bertz CT molecular complexity index is 2690. The van der Waals surface area contributed by atoms with Gasteiger partial charge < -0.3 is 13.4 Å². The van der Waals surface area contributed by atoms with Crippen molar-refractivity contribution in [3.05, 3.63) is 151 Å². The molecular formula is C42H27NO2. The maximum Gasteiger partial charge on any atom is 0.145 e. The monoisotopic (exact) mass is 577 g/mol. The van der Waals surface area contributed by atoms with Gasteiger partial charge in [-0.1, -0.05) is 109 Å². The van der Waals surface area contributed by atoms with E-state index in [0.29, 0.717) is 5.92 Å². The zero-order chi connectivity index (χ0) is 29.5. The van der Waals surface area contributed by atoms with Crippen molar-refractivity contribution in [2.24, 2.45) is 0 Å². The lowest BCUT2D eigenvalue weighted by molar-refractivity contribution is 0.670. The molecule has 0 bridgehead atoms. The maximum absolute atomic E-state index is 6.48. The molecule has 0 aliphatic heterocycles. The molecule has 0 saturated carbocycles. The zero-order valence-electron chi connectivity index (χ0n) is 24.4. The van der Waals surface area contributed by atoms with Crippen molar-refractivity contribution in [2.45, 2.75) is 12.3 Å². The van der Waals surface area contributed by atoms with Crippen LogP contribution >= 0.6 is 0 Å². The summed E-state index contributed by atoms with van der Waals surface area (Å²) in [6.07, 6.45) is 7.95. The SMILES string of the molecule is C1=CC(c2cccc(-c3cccc4c3oc3ccccc34)c2)CC=C1n1c2ccccc2c2c3oc4ccccc4c3ccc21. The first-order chi connectivity index (χ1) is 22.3. The third-order valence-corrected chi connectivity index (χ3v) is 9.55. The lowest BCUT2D eigenvalue weighted by atomic mass is 9.89. The maximum atomic E-state index is 6.48. The van der Waals surface area contributed by atoms with Crippen LogP contribution in [-0.2, 0) is 0 Å². The van der Waals surface area contributed by atoms with Gasteiger partial charge in [-0.25, -0.2) is 0 Å². The number of aromatic nitrogens is 1. The molecule has 45 heavy (non-hydrogen) atoms. The fourth-order valence-electron chi connectivity index (χ4n) is 7.45. The Morgan fingerprint density at radius 1 is 0.556 bits per heavy atom. The van der Waals surface area contributed by atoms with Crippen LogP contribution in [-0.4, -0.2) is 4.57 Å². The molecule has 1 aliphatic rings. The summed E-state index contributed by atoms with van der Waals surface area (Å²) < 4.78 is 15.2. The molecule has 6 aromatic carbocycles. The minimum Gasteiger partial charge on any atom is -0.455 e. The van der Waals surface area contributed by atoms with Gasteiger partial charge in [-0.15, -0.1) is 0 Å². The topological polar surface area (TPSA) is 31.2 Å². The second kappa shape index (κ2) is 9.35. The number of fused-ring (bicyclic) bond motifs is 10. The predicted octanol–water partition coefficient (Wildman–Crippen LogP) is 11.8. The van der Waals surface area contributed by atoms with E-state index in [-0.39, 0.29) is 0 Å². The summed E-state index contributed by atoms with van der Waals surface area (Å²) in [5.74, 6) is 0.291. The molecule has 0 spiro atoms. The molecule has 10 rings (SSSR count). The number of hydrogen-bond acceptors (Lipinski definition) is 2. The van der Waals surface area contributed by atoms with Gasteiger partial charge in [-0.2, -0.15) is 0 Å². The van der Waals surface area contributed by atoms with E-state index in [1.807, 2.05) is 18.2 Å². The second-order valence-electron chi connectivity index (χ2n) is 12.0. The third kappa shape index (κ3) is 3.58. The van der Waals surface area contributed by atoms with Gasteiger partial charge in [0, 0.05) is 44.1 Å². The first-order valence-electron chi connectivity index (χ1n) is 15.5. The first-order valence-corrected chi connectivity index (χ1v) is 15.5. The average Bonchev–Trinajstić information content (AvgIpc) is 3.78. The quantitative estimate of drug-likeness (QED) is 0.209. The highest BCUT2D eigenvalue weighted by molar-refractivity contribution is 6.24. The summed E-state index contributed by atoms with van der Waals surface area (Å²) in [5.41, 5.74) is 10.9. The van der Waals surface area contributed by atoms with Crippen molar-refractivity contribution in [3.8, 4) is 11.1 Å². The van der Waals surface area contributed by atoms with Crippen molar-refractivity contribution in [3.63, 3.8) is 0 Å². The average molecular weight is 578 g/mol. The fourth-order valence-corrected chi connectivity index (χ4v) is 7.45. The number of allylic oxidation sites excluding steroid dienone is 4. The van der Waals surface area contributed by atoms with Gasteiger partial charge in [0.25, 0.3) is 0 Å². The van der Waals surface area contributed by atoms with Crippen LogP contribution in [0.3, 0.4) is 0 Å². The first kappa shape index (κ1) is 24.6. The van der Waals surface area contributed by atoms with Crippen molar-refractivity contribution >= 4 is 71.4 Å². The third-order valence-electron chi connectivity index (χ3n) is 9.55. The number of hydrogen-bond donors (Lipinski definition) is 0. The lowest BCUT2D eigenvalue weighted by Crippen LogP contribution is -2.03. The summed E-state index contributed by atoms with van der Waals surface area (Å²) in [6, 6.07) is 45.1. The molecule has 1 unspecified atom stereocenters. The zero-order valence-corrected chi connectivity index (χ0v) is 24.4. The van der Waals surface area contributed by atoms with E-state index < -0.39 is 0 Å². The van der Waals surface area contributed by atoms with E-state index in [4.69, 9.17) is 8.83 Å². The number of rotatable bonds is 3. The van der Waals surface area contributed by atoms with Crippen LogP contribution < -0.4 is 0 Å². The largest absolute Gasteiger partial charge is 0.455 e. The standard InChI is InChI=1S/C42H27NO2/c1-4-16-36-35(13-1)40-37(24-23-34-32-12-3-6-18-39(32)45-42(34)40)43(36)29-21-19-26(20-22-29)27-9-7-10-28(25-27)30-14-8-15-33-31-11-2-5-17-38(31)44-41(30)33/h1-19,21-26H,20H2. The number of para-hydroxylation sites is 4. The highest BCUT2D eigenvalue weighted by atomic mass is 16.3. The van der Waals surface area contributed by atoms with Crippen LogP contribution in [0.15, 0.2) is 154 Å². The highest BCUT2D eigenvalue weighted by Gasteiger charge is 2.21. The molecule has 212 valence electrons. The van der Waals surface area contributed by atoms with Crippen molar-refractivity contribution in [2.75, 3.05) is 0 Å². The van der Waals surface area contributed by atoms with Gasteiger partial charge >= 0.3 is 0 Å². The Morgan fingerprint density at radius 2 is 1.24 bits per heavy atom. The molecule has 0 radical (unpaired) electrons. The molecule has 3 nitrogen and oxygen atoms in total. The molecule has 0 fully saturated rings. The van der Waals surface area contributed by atoms with Gasteiger partial charge in [0.1, 0.15) is 22.3 Å². The van der Waals surface area contributed by atoms with E-state index in [1.165, 1.54) is 33.1 Å². The second-order valence-corrected chi connectivity index (χ2v) is 12.0. The summed E-state index contributed by atoms with van der Waals surface area (Å²) in [6.45, 7) is 0. The predicted molar refractivity (Wildman–Crippen MR) is 187 cm³/mol. The van der Waals surface area contributed by atoms with Crippen LogP contribution in [0.1, 0.15) is 17.9 Å². The van der Waals surface area contributed by atoms with Crippen LogP contribution in [0.5, 0.6) is 0 Å². The lowest BCUT2D eigenvalue weighted by Gasteiger charge is -2.19. The van der Waals surface area contributed by atoms with Crippen LogP contribution in [0.2, 0.25) is 0 Å². The molecule has 3 aromatic heterocycles. The van der Waals surface area contributed by atoms with Crippen LogP contribution in [0.25, 0.3) is 82.5 Å². The smallest absolute Gasteiger partial charge is 0.145 e. The van der Waals surface area contributed by atoms with Crippen molar-refractivity contribution < 1.29 is 8.83 Å². The Hall–Kier alpha value is -5.80. The molecular weight excluding hydrogens is 550 g/mol. The molecule has 1 atom stereocenters. The molecule has 0 saturated heterocycles. The fraction of sp³-hybridized carbons (Fsp3) is 0.0476. The van der Waals surface area contributed by atoms with Gasteiger partial charge in [0.2, 0.25) is 0 Å². The van der Waals surface area contributed by atoms with E-state index in [9.17, 15) is 0 Å². The van der Waals surface area contributed by atoms with Gasteiger partial charge in [-0.3, -0.25) is 0 Å². The Kier molecular flexibility index (Phi) is 5.11. The molecule has 3 heteroatoms. The highest BCUT2D eigenvalue weighted by Crippen LogP contribution is 2.42. The van der Waals surface area contributed by atoms with Crippen LogP contribution in [0, 0.1) is 0 Å². The van der Waals surface area contributed by atoms with Crippen LogP contribution in [0.4, 0.5) is 0 Å². The van der Waals surface area contributed by atoms with E-state index in [1.54, 1.807) is 0 Å². The molecule has 0 amide bonds. The Morgan fingerprint density at radius 3 is 2.04 bits per heavy atom. The van der Waals surface area contributed by atoms with Gasteiger partial charge in [0.15, 0.2) is 0 Å². The Balaban J connectivity index is 1.05. The minimum atomic E-state index is 0.291. The van der Waals surface area contributed by atoms with E-state index in [0.717, 1.165) is 61.4 Å². The molecule has 1 aliphatic carbocycles. The van der Waals surface area contributed by atoms with Crippen molar-refractivity contribution in [1.82, 2.24) is 4.57 Å². The molecule has 0 N–H and O–H groups in total. The van der Waals surface area contributed by atoms with Gasteiger partial charge in [-0.05, 0) is 54.0 Å². The van der Waals surface area contributed by atoms with E-state index in [2.05, 4.69) is 132 Å². The van der Waals surface area contributed by atoms with E-state index >= 15 is 0 Å². The Labute approximate surface area is 258 Å². The summed E-state index contributed by atoms with van der Waals surface area (Å²) in [5, 5.41) is 7.01. The summed E-state index contributed by atoms with van der Waals surface area (Å²) >= 11 is 0. The number of furan rings is 2. The molecule has 3 heterocycles. The van der Waals surface area contributed by atoms with Crippen molar-refractivity contribution in [1.29, 1.82) is 0 Å². The summed E-state index contributed by atoms with van der Waals surface area (Å²) in [7, 11) is 0. The number of benzene rings is 6. The van der Waals surface area contributed by atoms with Gasteiger partial charge in [0.05, 0.1) is 16.4 Å².